The SMILES string of the molecule is COC(=O)c1c(NC(=O)[C@@H](C)Sc2ccc(NC(=O)/C(=C/c3ccc(-c4ccc(Br)cc4)o3)NC(=O)c3ccccc3)cc2)sc2c1CC[C@@H](c1ccccc1)C2. The third kappa shape index (κ3) is 9.65. The lowest BCUT2D eigenvalue weighted by Crippen LogP contribution is -2.30. The van der Waals surface area contributed by atoms with Crippen LogP contribution in [0.4, 0.5) is 10.7 Å². The van der Waals surface area contributed by atoms with Crippen molar-refractivity contribution in [1.29, 1.82) is 0 Å². The summed E-state index contributed by atoms with van der Waals surface area (Å²) in [4.78, 5) is 55.2. The van der Waals surface area contributed by atoms with Crippen molar-refractivity contribution < 1.29 is 28.3 Å². The van der Waals surface area contributed by atoms with Gasteiger partial charge in [-0.15, -0.1) is 23.1 Å². The van der Waals surface area contributed by atoms with E-state index < -0.39 is 23.0 Å². The molecule has 288 valence electrons. The lowest BCUT2D eigenvalue weighted by molar-refractivity contribution is -0.115. The third-order valence-electron chi connectivity index (χ3n) is 9.53. The summed E-state index contributed by atoms with van der Waals surface area (Å²) < 4.78 is 12.1. The summed E-state index contributed by atoms with van der Waals surface area (Å²) in [6, 6.07) is 37.2. The number of thiophene rings is 1. The number of esters is 1. The number of hydrogen-bond acceptors (Lipinski definition) is 8. The van der Waals surface area contributed by atoms with Crippen molar-refractivity contribution in [2.45, 2.75) is 42.2 Å². The van der Waals surface area contributed by atoms with E-state index in [-0.39, 0.29) is 11.6 Å². The van der Waals surface area contributed by atoms with Gasteiger partial charge < -0.3 is 25.1 Å². The number of ether oxygens (including phenoxy) is 1. The number of carbonyl (C=O) groups excluding carboxylic acids is 4. The zero-order chi connectivity index (χ0) is 39.9. The van der Waals surface area contributed by atoms with Crippen LogP contribution in [-0.2, 0) is 27.2 Å². The number of rotatable bonds is 12. The first-order valence-electron chi connectivity index (χ1n) is 18.3. The summed E-state index contributed by atoms with van der Waals surface area (Å²) in [6.07, 6.45) is 3.92. The van der Waals surface area contributed by atoms with Crippen LogP contribution in [-0.4, -0.2) is 36.1 Å². The van der Waals surface area contributed by atoms with E-state index in [1.165, 1.54) is 41.8 Å². The monoisotopic (exact) mass is 859 g/mol. The Morgan fingerprint density at radius 2 is 1.58 bits per heavy atom. The predicted molar refractivity (Wildman–Crippen MR) is 230 cm³/mol. The maximum Gasteiger partial charge on any atom is 0.341 e. The van der Waals surface area contributed by atoms with Gasteiger partial charge in [0, 0.05) is 37.1 Å². The van der Waals surface area contributed by atoms with Gasteiger partial charge >= 0.3 is 5.97 Å². The van der Waals surface area contributed by atoms with Crippen LogP contribution in [0.15, 0.2) is 141 Å². The van der Waals surface area contributed by atoms with Crippen molar-refractivity contribution in [3.63, 3.8) is 0 Å². The van der Waals surface area contributed by atoms with Crippen LogP contribution in [0.2, 0.25) is 0 Å². The lowest BCUT2D eigenvalue weighted by atomic mass is 9.83. The first-order valence-corrected chi connectivity index (χ1v) is 20.7. The number of thioether (sulfide) groups is 1. The number of amides is 3. The van der Waals surface area contributed by atoms with E-state index in [4.69, 9.17) is 9.15 Å². The molecule has 0 unspecified atom stereocenters. The zero-order valence-electron chi connectivity index (χ0n) is 31.0. The van der Waals surface area contributed by atoms with Crippen LogP contribution in [0.3, 0.4) is 0 Å². The van der Waals surface area contributed by atoms with Crippen LogP contribution in [0.25, 0.3) is 17.4 Å². The summed E-state index contributed by atoms with van der Waals surface area (Å²) >= 11 is 6.24. The van der Waals surface area contributed by atoms with Crippen molar-refractivity contribution in [2.24, 2.45) is 0 Å². The predicted octanol–water partition coefficient (Wildman–Crippen LogP) is 10.4. The molecule has 9 nitrogen and oxygen atoms in total. The van der Waals surface area contributed by atoms with Crippen molar-refractivity contribution in [3.05, 3.63) is 164 Å². The van der Waals surface area contributed by atoms with E-state index >= 15 is 0 Å². The van der Waals surface area contributed by atoms with E-state index in [2.05, 4.69) is 44.0 Å². The summed E-state index contributed by atoms with van der Waals surface area (Å²) in [6.45, 7) is 1.80. The number of halogens is 1. The number of carbonyl (C=O) groups is 4. The fourth-order valence-corrected chi connectivity index (χ4v) is 9.02. The number of anilines is 2. The van der Waals surface area contributed by atoms with Crippen LogP contribution >= 0.6 is 39.0 Å². The Bertz CT molecular complexity index is 2430. The highest BCUT2D eigenvalue weighted by Crippen LogP contribution is 2.43. The molecule has 4 aromatic carbocycles. The molecule has 2 atom stereocenters. The standard InChI is InChI=1S/C45H38BrN3O6S2/c1-27(41(50)49-44-40(45(53)54-2)36-23-15-31(25-39(36)57-44)28-9-5-3-6-10-28)56-35-21-18-33(19-22-35)47-43(52)37(48-42(51)30-11-7-4-8-12-30)26-34-20-24-38(55-34)29-13-16-32(46)17-14-29/h3-14,16-22,24,26-27,31H,15,23,25H2,1-2H3,(H,47,52)(H,48,51)(H,49,50)/b37-26-/t27-,31-/m1/s1. The Labute approximate surface area is 347 Å². The number of fused-ring (bicyclic) bond motifs is 1. The number of benzene rings is 4. The van der Waals surface area contributed by atoms with Crippen molar-refractivity contribution >= 4 is 79.5 Å². The molecule has 1 aliphatic carbocycles. The highest BCUT2D eigenvalue weighted by atomic mass is 79.9. The molecular weight excluding hydrogens is 823 g/mol. The molecule has 2 heterocycles. The molecule has 0 spiro atoms. The molecule has 12 heteroatoms. The van der Waals surface area contributed by atoms with Gasteiger partial charge in [-0.2, -0.15) is 0 Å². The molecule has 2 aromatic heterocycles. The minimum Gasteiger partial charge on any atom is -0.465 e. The maximum atomic E-state index is 13.7. The van der Waals surface area contributed by atoms with Crippen LogP contribution < -0.4 is 16.0 Å². The smallest absolute Gasteiger partial charge is 0.341 e. The quantitative estimate of drug-likeness (QED) is 0.0635. The number of methoxy groups -OCH3 is 1. The minimum absolute atomic E-state index is 0.0125. The van der Waals surface area contributed by atoms with E-state index in [1.807, 2.05) is 42.5 Å². The highest BCUT2D eigenvalue weighted by Gasteiger charge is 2.31. The molecule has 6 aromatic rings. The van der Waals surface area contributed by atoms with E-state index in [0.717, 1.165) is 44.6 Å². The van der Waals surface area contributed by atoms with Crippen LogP contribution in [0.5, 0.6) is 0 Å². The lowest BCUT2D eigenvalue weighted by Gasteiger charge is -2.22. The number of furan rings is 1. The second-order valence-corrected chi connectivity index (χ2v) is 16.8. The zero-order valence-corrected chi connectivity index (χ0v) is 34.3. The highest BCUT2D eigenvalue weighted by molar-refractivity contribution is 9.10. The summed E-state index contributed by atoms with van der Waals surface area (Å²) in [5, 5.41) is 8.62. The fourth-order valence-electron chi connectivity index (χ4n) is 6.57. The Kier molecular flexibility index (Phi) is 12.5. The van der Waals surface area contributed by atoms with Gasteiger partial charge in [0.2, 0.25) is 5.91 Å². The van der Waals surface area contributed by atoms with Crippen LogP contribution in [0.1, 0.15) is 61.7 Å². The molecule has 0 saturated heterocycles. The largest absolute Gasteiger partial charge is 0.465 e. The molecule has 0 aliphatic heterocycles. The third-order valence-corrected chi connectivity index (χ3v) is 12.3. The molecule has 57 heavy (non-hydrogen) atoms. The number of hydrogen-bond donors (Lipinski definition) is 3. The average Bonchev–Trinajstić information content (AvgIpc) is 3.85. The maximum absolute atomic E-state index is 13.7. The van der Waals surface area contributed by atoms with E-state index in [9.17, 15) is 19.2 Å². The van der Waals surface area contributed by atoms with Gasteiger partial charge in [-0.25, -0.2) is 4.79 Å². The fraction of sp³-hybridized carbons (Fsp3) is 0.156. The molecule has 0 radical (unpaired) electrons. The summed E-state index contributed by atoms with van der Waals surface area (Å²) in [5.41, 5.74) is 4.39. The summed E-state index contributed by atoms with van der Waals surface area (Å²) in [5.74, 6) is -0.371. The van der Waals surface area contributed by atoms with Gasteiger partial charge in [-0.05, 0) is 104 Å². The Morgan fingerprint density at radius 3 is 2.28 bits per heavy atom. The summed E-state index contributed by atoms with van der Waals surface area (Å²) in [7, 11) is 1.36. The van der Waals surface area contributed by atoms with Crippen molar-refractivity contribution in [3.8, 4) is 11.3 Å². The molecule has 3 N–H and O–H groups in total. The second kappa shape index (κ2) is 18.1. The van der Waals surface area contributed by atoms with Gasteiger partial charge in [0.15, 0.2) is 0 Å². The Morgan fingerprint density at radius 1 is 0.877 bits per heavy atom. The minimum atomic E-state index is -0.552. The topological polar surface area (TPSA) is 127 Å². The van der Waals surface area contributed by atoms with Gasteiger partial charge in [0.25, 0.3) is 11.8 Å². The normalized spacial score (nSPS) is 14.2. The molecule has 7 rings (SSSR count). The molecule has 0 saturated carbocycles. The van der Waals surface area contributed by atoms with Crippen molar-refractivity contribution in [1.82, 2.24) is 5.32 Å². The van der Waals surface area contributed by atoms with E-state index in [0.29, 0.717) is 39.3 Å². The number of nitrogens with one attached hydrogen (secondary N) is 3. The van der Waals surface area contributed by atoms with Crippen molar-refractivity contribution in [2.75, 3.05) is 17.7 Å². The first-order chi connectivity index (χ1) is 27.6. The first kappa shape index (κ1) is 39.5. The van der Waals surface area contributed by atoms with Gasteiger partial charge in [0.1, 0.15) is 22.2 Å². The Hall–Kier alpha value is -5.69. The molecule has 0 fully saturated rings. The van der Waals surface area contributed by atoms with Gasteiger partial charge in [-0.1, -0.05) is 76.6 Å². The van der Waals surface area contributed by atoms with Gasteiger partial charge in [0.05, 0.1) is 17.9 Å². The molecule has 0 bridgehead atoms. The molecular formula is C45H38BrN3O6S2. The molecule has 3 amide bonds. The van der Waals surface area contributed by atoms with Gasteiger partial charge in [-0.3, -0.25) is 14.4 Å². The second-order valence-electron chi connectivity index (χ2n) is 13.4. The Balaban J connectivity index is 1.02. The van der Waals surface area contributed by atoms with E-state index in [1.54, 1.807) is 73.7 Å². The van der Waals surface area contributed by atoms with Crippen LogP contribution in [0, 0.1) is 0 Å². The average molecular weight is 861 g/mol. The molecule has 1 aliphatic rings.